The first kappa shape index (κ1) is 26.4. The monoisotopic (exact) mass is 525 g/mol. The second-order valence-corrected chi connectivity index (χ2v) is 9.60. The number of aromatic nitrogens is 4. The normalized spacial score (nSPS) is 13.8. The van der Waals surface area contributed by atoms with E-state index in [0.29, 0.717) is 11.6 Å². The summed E-state index contributed by atoms with van der Waals surface area (Å²) in [6.07, 6.45) is 7.38. The number of methoxy groups -OCH3 is 1. The second-order valence-electron chi connectivity index (χ2n) is 9.60. The van der Waals surface area contributed by atoms with Crippen molar-refractivity contribution in [3.05, 3.63) is 70.7 Å². The van der Waals surface area contributed by atoms with E-state index in [-0.39, 0.29) is 5.95 Å². The molecular weight excluding hydrogens is 490 g/mol. The highest BCUT2D eigenvalue weighted by Gasteiger charge is 2.18. The topological polar surface area (TPSA) is 111 Å². The van der Waals surface area contributed by atoms with Gasteiger partial charge in [-0.05, 0) is 68.2 Å². The highest BCUT2D eigenvalue weighted by molar-refractivity contribution is 5.84. The molecule has 1 saturated heterocycles. The van der Waals surface area contributed by atoms with Crippen molar-refractivity contribution in [2.45, 2.75) is 26.7 Å². The predicted molar refractivity (Wildman–Crippen MR) is 157 cm³/mol. The summed E-state index contributed by atoms with van der Waals surface area (Å²) in [5.74, 6) is 2.71. The lowest BCUT2D eigenvalue weighted by Crippen LogP contribution is -2.37. The lowest BCUT2D eigenvalue weighted by Gasteiger charge is -2.30. The van der Waals surface area contributed by atoms with E-state index in [1.165, 1.54) is 16.5 Å². The zero-order chi connectivity index (χ0) is 27.2. The molecule has 4 heterocycles. The number of pyridine rings is 2. The number of rotatable bonds is 9. The summed E-state index contributed by atoms with van der Waals surface area (Å²) >= 11 is 0. The number of para-hydroxylation sites is 1. The van der Waals surface area contributed by atoms with Crippen LogP contribution in [0.5, 0.6) is 5.75 Å². The van der Waals surface area contributed by atoms with Gasteiger partial charge in [-0.1, -0.05) is 18.2 Å². The molecule has 1 aliphatic rings. The lowest BCUT2D eigenvalue weighted by atomic mass is 10.0. The number of aryl methyl sites for hydroxylation is 3. The highest BCUT2D eigenvalue weighted by Crippen LogP contribution is 2.28. The van der Waals surface area contributed by atoms with Crippen molar-refractivity contribution >= 4 is 40.6 Å². The van der Waals surface area contributed by atoms with Gasteiger partial charge in [-0.2, -0.15) is 4.98 Å². The molecule has 1 fully saturated rings. The first-order chi connectivity index (χ1) is 19.0. The fraction of sp³-hybridized carbons (Fsp3) is 0.333. The Balaban J connectivity index is 1.34. The number of nitrogens with zero attached hydrogens (tertiary/aromatic N) is 5. The van der Waals surface area contributed by atoms with E-state index in [4.69, 9.17) is 20.2 Å². The van der Waals surface area contributed by atoms with Crippen molar-refractivity contribution in [3.8, 4) is 5.75 Å². The van der Waals surface area contributed by atoms with Crippen molar-refractivity contribution in [1.29, 1.82) is 0 Å². The van der Waals surface area contributed by atoms with Gasteiger partial charge < -0.3 is 25.4 Å². The maximum absolute atomic E-state index is 6.00. The van der Waals surface area contributed by atoms with Gasteiger partial charge in [-0.3, -0.25) is 4.98 Å². The minimum absolute atomic E-state index is 0.242. The molecule has 0 atom stereocenters. The standard InChI is InChI=1S/C30H35N7O2/c1-20-7-4-8-22-19-23(29(35-27(20)22)37-15-17-39-18-16-37)9-5-14-33-28-24(21(2)34-30(31)36-28)11-12-25-26(38-3)10-6-13-32-25/h4,6-8,10-13,19H,5,9,14-18H2,1-3H3,(H3,31,33,34,36)/b12-11+. The van der Waals surface area contributed by atoms with Crippen LogP contribution in [0.4, 0.5) is 17.6 Å². The summed E-state index contributed by atoms with van der Waals surface area (Å²) in [5, 5.41) is 4.66. The van der Waals surface area contributed by atoms with Crippen LogP contribution in [0.1, 0.15) is 34.5 Å². The highest BCUT2D eigenvalue weighted by atomic mass is 16.5. The molecule has 202 valence electrons. The Kier molecular flexibility index (Phi) is 8.17. The molecule has 0 aliphatic carbocycles. The molecule has 9 nitrogen and oxygen atoms in total. The molecule has 0 unspecified atom stereocenters. The number of benzene rings is 1. The van der Waals surface area contributed by atoms with Gasteiger partial charge in [0.2, 0.25) is 5.95 Å². The van der Waals surface area contributed by atoms with Crippen molar-refractivity contribution in [2.24, 2.45) is 0 Å². The summed E-state index contributed by atoms with van der Waals surface area (Å²) < 4.78 is 11.0. The van der Waals surface area contributed by atoms with E-state index < -0.39 is 0 Å². The SMILES string of the molecule is COc1cccnc1/C=C/c1c(C)nc(N)nc1NCCCc1cc2cccc(C)c2nc1N1CCOCC1. The molecular formula is C30H35N7O2. The zero-order valence-electron chi connectivity index (χ0n) is 22.8. The van der Waals surface area contributed by atoms with E-state index in [1.807, 2.05) is 31.2 Å². The summed E-state index contributed by atoms with van der Waals surface area (Å²) in [6, 6.07) is 12.4. The van der Waals surface area contributed by atoms with Crippen LogP contribution in [0.25, 0.3) is 23.1 Å². The number of fused-ring (bicyclic) bond motifs is 1. The fourth-order valence-corrected chi connectivity index (χ4v) is 4.90. The van der Waals surface area contributed by atoms with Gasteiger partial charge in [0.25, 0.3) is 0 Å². The summed E-state index contributed by atoms with van der Waals surface area (Å²) in [5.41, 5.74) is 11.9. The number of nitrogens with two attached hydrogens (primary N) is 1. The maximum atomic E-state index is 6.00. The first-order valence-corrected chi connectivity index (χ1v) is 13.3. The van der Waals surface area contributed by atoms with E-state index in [0.717, 1.165) is 74.0 Å². The van der Waals surface area contributed by atoms with Crippen LogP contribution in [0.3, 0.4) is 0 Å². The Labute approximate surface area is 229 Å². The Bertz CT molecular complexity index is 1480. The average molecular weight is 526 g/mol. The third-order valence-electron chi connectivity index (χ3n) is 6.91. The van der Waals surface area contributed by atoms with Gasteiger partial charge in [-0.25, -0.2) is 9.97 Å². The van der Waals surface area contributed by atoms with Crippen LogP contribution in [-0.2, 0) is 11.2 Å². The molecule has 4 aromatic rings. The molecule has 0 radical (unpaired) electrons. The Morgan fingerprint density at radius 3 is 2.74 bits per heavy atom. The minimum Gasteiger partial charge on any atom is -0.494 e. The number of nitrogen functional groups attached to an aromatic ring is 1. The van der Waals surface area contributed by atoms with Gasteiger partial charge in [0.1, 0.15) is 23.1 Å². The lowest BCUT2D eigenvalue weighted by molar-refractivity contribution is 0.122. The number of hydrogen-bond acceptors (Lipinski definition) is 9. The third kappa shape index (κ3) is 6.09. The first-order valence-electron chi connectivity index (χ1n) is 13.3. The predicted octanol–water partition coefficient (Wildman–Crippen LogP) is 4.68. The van der Waals surface area contributed by atoms with Gasteiger partial charge in [0.15, 0.2) is 0 Å². The van der Waals surface area contributed by atoms with E-state index >= 15 is 0 Å². The molecule has 39 heavy (non-hydrogen) atoms. The Morgan fingerprint density at radius 1 is 1.08 bits per heavy atom. The molecule has 0 spiro atoms. The van der Waals surface area contributed by atoms with Crippen LogP contribution >= 0.6 is 0 Å². The van der Waals surface area contributed by atoms with Crippen molar-refractivity contribution < 1.29 is 9.47 Å². The van der Waals surface area contributed by atoms with Crippen molar-refractivity contribution in [3.63, 3.8) is 0 Å². The number of nitrogens with one attached hydrogen (secondary N) is 1. The van der Waals surface area contributed by atoms with Crippen LogP contribution in [0, 0.1) is 13.8 Å². The third-order valence-corrected chi connectivity index (χ3v) is 6.91. The molecule has 0 bridgehead atoms. The molecule has 3 aromatic heterocycles. The minimum atomic E-state index is 0.242. The van der Waals surface area contributed by atoms with Crippen LogP contribution < -0.4 is 20.7 Å². The van der Waals surface area contributed by atoms with Gasteiger partial charge >= 0.3 is 0 Å². The van der Waals surface area contributed by atoms with Crippen molar-refractivity contribution in [2.75, 3.05) is 55.9 Å². The summed E-state index contributed by atoms with van der Waals surface area (Å²) in [7, 11) is 1.63. The average Bonchev–Trinajstić information content (AvgIpc) is 2.95. The van der Waals surface area contributed by atoms with Crippen molar-refractivity contribution in [1.82, 2.24) is 19.9 Å². The number of morpholine rings is 1. The van der Waals surface area contributed by atoms with Crippen LogP contribution in [0.15, 0.2) is 42.6 Å². The molecule has 1 aliphatic heterocycles. The van der Waals surface area contributed by atoms with Crippen LogP contribution in [0.2, 0.25) is 0 Å². The van der Waals surface area contributed by atoms with E-state index in [2.05, 4.69) is 56.4 Å². The molecule has 1 aromatic carbocycles. The molecule has 5 rings (SSSR count). The van der Waals surface area contributed by atoms with Crippen LogP contribution in [-0.4, -0.2) is 59.9 Å². The summed E-state index contributed by atoms with van der Waals surface area (Å²) in [6.45, 7) is 7.92. The maximum Gasteiger partial charge on any atom is 0.222 e. The molecule has 3 N–H and O–H groups in total. The smallest absolute Gasteiger partial charge is 0.222 e. The fourth-order valence-electron chi connectivity index (χ4n) is 4.90. The quantitative estimate of drug-likeness (QED) is 0.301. The molecule has 0 saturated carbocycles. The number of ether oxygens (including phenoxy) is 2. The van der Waals surface area contributed by atoms with Gasteiger partial charge in [0.05, 0.1) is 31.5 Å². The van der Waals surface area contributed by atoms with Gasteiger partial charge in [0, 0.05) is 36.8 Å². The second kappa shape index (κ2) is 12.1. The molecule has 9 heteroatoms. The Morgan fingerprint density at radius 2 is 1.92 bits per heavy atom. The van der Waals surface area contributed by atoms with Gasteiger partial charge in [-0.15, -0.1) is 0 Å². The van der Waals surface area contributed by atoms with E-state index in [9.17, 15) is 0 Å². The number of hydrogen-bond donors (Lipinski definition) is 2. The largest absolute Gasteiger partial charge is 0.494 e. The zero-order valence-corrected chi connectivity index (χ0v) is 22.8. The van der Waals surface area contributed by atoms with E-state index in [1.54, 1.807) is 13.3 Å². The number of anilines is 3. The molecule has 0 amide bonds. The Hall–Kier alpha value is -4.24. The summed E-state index contributed by atoms with van der Waals surface area (Å²) in [4.78, 5) is 20.7.